The summed E-state index contributed by atoms with van der Waals surface area (Å²) in [6.07, 6.45) is 4.02. The van der Waals surface area contributed by atoms with Crippen molar-refractivity contribution in [3.63, 3.8) is 0 Å². The second-order valence-corrected chi connectivity index (χ2v) is 3.15. The molecule has 72 valence electrons. The van der Waals surface area contributed by atoms with Crippen LogP contribution in [0.3, 0.4) is 0 Å². The second kappa shape index (κ2) is 4.11. The van der Waals surface area contributed by atoms with Crippen LogP contribution in [0.25, 0.3) is 17.0 Å². The third kappa shape index (κ3) is 1.86. The number of furan rings is 1. The first-order valence-corrected chi connectivity index (χ1v) is 4.70. The van der Waals surface area contributed by atoms with Gasteiger partial charge in [-0.25, -0.2) is 0 Å². The van der Waals surface area contributed by atoms with Crippen molar-refractivity contribution < 1.29 is 4.42 Å². The van der Waals surface area contributed by atoms with Crippen LogP contribution < -0.4 is 5.32 Å². The van der Waals surface area contributed by atoms with Gasteiger partial charge in [-0.2, -0.15) is 0 Å². The number of benzene rings is 1. The highest BCUT2D eigenvalue weighted by atomic mass is 16.3. The average Bonchev–Trinajstić information content (AvgIpc) is 2.60. The predicted octanol–water partition coefficient (Wildman–Crippen LogP) is 2.67. The van der Waals surface area contributed by atoms with Gasteiger partial charge in [0.1, 0.15) is 11.3 Å². The van der Waals surface area contributed by atoms with Crippen LogP contribution in [0.2, 0.25) is 0 Å². The molecule has 1 aromatic heterocycles. The Labute approximate surface area is 83.2 Å². The smallest absolute Gasteiger partial charge is 0.134 e. The molecule has 1 heterocycles. The van der Waals surface area contributed by atoms with Gasteiger partial charge in [0, 0.05) is 11.9 Å². The molecular formula is C12H13NO. The van der Waals surface area contributed by atoms with Gasteiger partial charge in [-0.15, -0.1) is 0 Å². The normalized spacial score (nSPS) is 11.5. The van der Waals surface area contributed by atoms with E-state index in [0.717, 1.165) is 23.3 Å². The van der Waals surface area contributed by atoms with Crippen LogP contribution in [0.5, 0.6) is 0 Å². The molecule has 0 fully saturated rings. The Morgan fingerprint density at radius 2 is 2.21 bits per heavy atom. The minimum absolute atomic E-state index is 0.858. The van der Waals surface area contributed by atoms with Crippen LogP contribution in [-0.2, 0) is 0 Å². The topological polar surface area (TPSA) is 25.2 Å². The maximum Gasteiger partial charge on any atom is 0.134 e. The Kier molecular flexibility index (Phi) is 2.65. The summed E-state index contributed by atoms with van der Waals surface area (Å²) in [5.74, 6) is 0.904. The zero-order valence-electron chi connectivity index (χ0n) is 8.16. The van der Waals surface area contributed by atoms with E-state index in [9.17, 15) is 0 Å². The third-order valence-corrected chi connectivity index (χ3v) is 2.05. The van der Waals surface area contributed by atoms with Crippen molar-refractivity contribution in [1.82, 2.24) is 5.32 Å². The molecule has 0 aliphatic rings. The third-order valence-electron chi connectivity index (χ3n) is 2.05. The van der Waals surface area contributed by atoms with E-state index in [2.05, 4.69) is 5.32 Å². The van der Waals surface area contributed by atoms with Crippen molar-refractivity contribution in [2.45, 2.75) is 0 Å². The minimum Gasteiger partial charge on any atom is -0.457 e. The molecule has 1 N–H and O–H groups in total. The largest absolute Gasteiger partial charge is 0.457 e. The number of hydrogen-bond donors (Lipinski definition) is 1. The highest BCUT2D eigenvalue weighted by Gasteiger charge is 1.98. The van der Waals surface area contributed by atoms with Gasteiger partial charge >= 0.3 is 0 Å². The number of fused-ring (bicyclic) bond motifs is 1. The fourth-order valence-corrected chi connectivity index (χ4v) is 1.38. The molecule has 0 amide bonds. The SMILES string of the molecule is CNCC=Cc1cc2ccccc2o1. The number of likely N-dealkylation sites (N-methyl/N-ethyl adjacent to an activating group) is 1. The average molecular weight is 187 g/mol. The summed E-state index contributed by atoms with van der Waals surface area (Å²) in [4.78, 5) is 0. The highest BCUT2D eigenvalue weighted by Crippen LogP contribution is 2.19. The second-order valence-electron chi connectivity index (χ2n) is 3.15. The molecular weight excluding hydrogens is 174 g/mol. The zero-order chi connectivity index (χ0) is 9.80. The molecule has 2 rings (SSSR count). The maximum absolute atomic E-state index is 5.60. The molecule has 1 aromatic carbocycles. The standard InChI is InChI=1S/C12H13NO/c1-13-8-4-6-11-9-10-5-2-3-7-12(10)14-11/h2-7,9,13H,8H2,1H3. The molecule has 0 aliphatic carbocycles. The van der Waals surface area contributed by atoms with Crippen molar-refractivity contribution in [3.8, 4) is 0 Å². The molecule has 0 radical (unpaired) electrons. The molecule has 0 aliphatic heterocycles. The lowest BCUT2D eigenvalue weighted by Gasteiger charge is -1.86. The summed E-state index contributed by atoms with van der Waals surface area (Å²) in [6.45, 7) is 0.858. The van der Waals surface area contributed by atoms with Gasteiger partial charge in [0.2, 0.25) is 0 Å². The molecule has 14 heavy (non-hydrogen) atoms. The molecule has 0 atom stereocenters. The van der Waals surface area contributed by atoms with Gasteiger partial charge in [0.25, 0.3) is 0 Å². The fraction of sp³-hybridized carbons (Fsp3) is 0.167. The molecule has 2 heteroatoms. The van der Waals surface area contributed by atoms with E-state index in [0.29, 0.717) is 0 Å². The molecule has 0 saturated carbocycles. The summed E-state index contributed by atoms with van der Waals surface area (Å²) in [6, 6.07) is 10.1. The lowest BCUT2D eigenvalue weighted by atomic mass is 10.2. The molecule has 0 bridgehead atoms. The highest BCUT2D eigenvalue weighted by molar-refractivity contribution is 5.79. The monoisotopic (exact) mass is 187 g/mol. The van der Waals surface area contributed by atoms with Gasteiger partial charge in [-0.1, -0.05) is 24.3 Å². The predicted molar refractivity (Wildman–Crippen MR) is 59.2 cm³/mol. The van der Waals surface area contributed by atoms with E-state index >= 15 is 0 Å². The van der Waals surface area contributed by atoms with E-state index < -0.39 is 0 Å². The number of hydrogen-bond acceptors (Lipinski definition) is 2. The first-order chi connectivity index (χ1) is 6.90. The molecule has 0 spiro atoms. The quantitative estimate of drug-likeness (QED) is 0.799. The molecule has 2 nitrogen and oxygen atoms in total. The Morgan fingerprint density at radius 1 is 1.36 bits per heavy atom. The van der Waals surface area contributed by atoms with Crippen LogP contribution in [-0.4, -0.2) is 13.6 Å². The maximum atomic E-state index is 5.60. The van der Waals surface area contributed by atoms with Crippen LogP contribution >= 0.6 is 0 Å². The Morgan fingerprint density at radius 3 is 3.00 bits per heavy atom. The van der Waals surface area contributed by atoms with Gasteiger partial charge < -0.3 is 9.73 Å². The lowest BCUT2D eigenvalue weighted by molar-refractivity contribution is 0.604. The van der Waals surface area contributed by atoms with E-state index in [4.69, 9.17) is 4.42 Å². The minimum atomic E-state index is 0.858. The molecule has 0 unspecified atom stereocenters. The van der Waals surface area contributed by atoms with Crippen molar-refractivity contribution in [3.05, 3.63) is 42.2 Å². The van der Waals surface area contributed by atoms with E-state index in [-0.39, 0.29) is 0 Å². The first kappa shape index (κ1) is 9.03. The fourth-order valence-electron chi connectivity index (χ4n) is 1.38. The van der Waals surface area contributed by atoms with E-state index in [1.54, 1.807) is 0 Å². The first-order valence-electron chi connectivity index (χ1n) is 4.70. The molecule has 0 saturated heterocycles. The van der Waals surface area contributed by atoms with E-state index in [1.807, 2.05) is 49.5 Å². The number of para-hydroxylation sites is 1. The lowest BCUT2D eigenvalue weighted by Crippen LogP contribution is -2.03. The van der Waals surface area contributed by atoms with Crippen LogP contribution in [0.1, 0.15) is 5.76 Å². The Balaban J connectivity index is 2.27. The summed E-state index contributed by atoms with van der Waals surface area (Å²) in [5, 5.41) is 4.19. The zero-order valence-corrected chi connectivity index (χ0v) is 8.16. The van der Waals surface area contributed by atoms with Crippen LogP contribution in [0.15, 0.2) is 40.8 Å². The van der Waals surface area contributed by atoms with Crippen molar-refractivity contribution in [1.29, 1.82) is 0 Å². The summed E-state index contributed by atoms with van der Waals surface area (Å²) in [7, 11) is 1.92. The van der Waals surface area contributed by atoms with Gasteiger partial charge in [-0.3, -0.25) is 0 Å². The summed E-state index contributed by atoms with van der Waals surface area (Å²) >= 11 is 0. The van der Waals surface area contributed by atoms with Crippen LogP contribution in [0.4, 0.5) is 0 Å². The molecule has 2 aromatic rings. The van der Waals surface area contributed by atoms with Crippen molar-refractivity contribution in [2.75, 3.05) is 13.6 Å². The Hall–Kier alpha value is -1.54. The summed E-state index contributed by atoms with van der Waals surface area (Å²) in [5.41, 5.74) is 0.941. The van der Waals surface area contributed by atoms with Gasteiger partial charge in [-0.05, 0) is 25.3 Å². The number of rotatable bonds is 3. The van der Waals surface area contributed by atoms with Crippen molar-refractivity contribution >= 4 is 17.0 Å². The summed E-state index contributed by atoms with van der Waals surface area (Å²) < 4.78 is 5.60. The Bertz CT molecular complexity index is 409. The van der Waals surface area contributed by atoms with E-state index in [1.165, 1.54) is 0 Å². The van der Waals surface area contributed by atoms with Crippen LogP contribution in [0, 0.1) is 0 Å². The van der Waals surface area contributed by atoms with Gasteiger partial charge in [0.05, 0.1) is 0 Å². The number of nitrogens with one attached hydrogen (secondary N) is 1. The van der Waals surface area contributed by atoms with Crippen molar-refractivity contribution in [2.24, 2.45) is 0 Å². The van der Waals surface area contributed by atoms with Gasteiger partial charge in [0.15, 0.2) is 0 Å².